The normalized spacial score (nSPS) is 17.9. The molecule has 0 spiro atoms. The SMILES string of the molecule is Cn1c(-c2cc3c4c(ccn4CCCO3)c2)nc2cc(C(=O)N3CCCC(NC(=O)O)C3)ccc21. The van der Waals surface area contributed by atoms with E-state index in [1.165, 1.54) is 0 Å². The molecule has 0 radical (unpaired) electrons. The second-order valence-electron chi connectivity index (χ2n) is 9.36. The molecule has 1 unspecified atom stereocenters. The van der Waals surface area contributed by atoms with Gasteiger partial charge in [0, 0.05) is 55.4 Å². The Morgan fingerprint density at radius 3 is 2.89 bits per heavy atom. The van der Waals surface area contributed by atoms with E-state index in [9.17, 15) is 9.59 Å². The van der Waals surface area contributed by atoms with Crippen molar-refractivity contribution < 1.29 is 19.4 Å². The van der Waals surface area contributed by atoms with Gasteiger partial charge in [-0.25, -0.2) is 9.78 Å². The Balaban J connectivity index is 1.33. The summed E-state index contributed by atoms with van der Waals surface area (Å²) < 4.78 is 10.3. The first kappa shape index (κ1) is 21.5. The van der Waals surface area contributed by atoms with Crippen molar-refractivity contribution in [1.29, 1.82) is 0 Å². The van der Waals surface area contributed by atoms with E-state index in [1.54, 1.807) is 4.90 Å². The Bertz CT molecular complexity index is 1470. The van der Waals surface area contributed by atoms with Crippen molar-refractivity contribution in [3.63, 3.8) is 0 Å². The summed E-state index contributed by atoms with van der Waals surface area (Å²) in [5, 5.41) is 12.6. The number of imidazole rings is 1. The maximum Gasteiger partial charge on any atom is 0.404 e. The average Bonchev–Trinajstić information content (AvgIpc) is 3.33. The largest absolute Gasteiger partial charge is 0.491 e. The molecule has 180 valence electrons. The van der Waals surface area contributed by atoms with Crippen molar-refractivity contribution in [2.45, 2.75) is 31.8 Å². The molecule has 2 amide bonds. The van der Waals surface area contributed by atoms with Crippen LogP contribution in [-0.2, 0) is 13.6 Å². The van der Waals surface area contributed by atoms with Crippen molar-refractivity contribution in [2.24, 2.45) is 7.05 Å². The van der Waals surface area contributed by atoms with Crippen LogP contribution in [0.3, 0.4) is 0 Å². The van der Waals surface area contributed by atoms with Crippen LogP contribution in [0.25, 0.3) is 33.3 Å². The van der Waals surface area contributed by atoms with Gasteiger partial charge in [-0.15, -0.1) is 0 Å². The van der Waals surface area contributed by atoms with E-state index in [-0.39, 0.29) is 11.9 Å². The van der Waals surface area contributed by atoms with Gasteiger partial charge in [0.1, 0.15) is 11.6 Å². The number of ether oxygens (including phenoxy) is 1. The zero-order valence-corrected chi connectivity index (χ0v) is 19.5. The number of carboxylic acid groups (broad SMARTS) is 1. The molecule has 9 heteroatoms. The van der Waals surface area contributed by atoms with Crippen LogP contribution in [0.5, 0.6) is 5.75 Å². The van der Waals surface area contributed by atoms with Gasteiger partial charge in [0.05, 0.1) is 23.2 Å². The highest BCUT2D eigenvalue weighted by molar-refractivity contribution is 5.98. The van der Waals surface area contributed by atoms with Gasteiger partial charge in [-0.05, 0) is 55.7 Å². The molecular weight excluding hydrogens is 446 g/mol. The monoisotopic (exact) mass is 473 g/mol. The number of hydrogen-bond donors (Lipinski definition) is 2. The summed E-state index contributed by atoms with van der Waals surface area (Å²) >= 11 is 0. The third-order valence-electron chi connectivity index (χ3n) is 7.05. The molecular formula is C26H27N5O4. The lowest BCUT2D eigenvalue weighted by Gasteiger charge is -2.32. The van der Waals surface area contributed by atoms with Crippen LogP contribution >= 0.6 is 0 Å². The van der Waals surface area contributed by atoms with Crippen LogP contribution in [0.15, 0.2) is 42.6 Å². The maximum absolute atomic E-state index is 13.2. The quantitative estimate of drug-likeness (QED) is 0.471. The Labute approximate surface area is 201 Å². The zero-order chi connectivity index (χ0) is 24.1. The van der Waals surface area contributed by atoms with Crippen LogP contribution in [-0.4, -0.2) is 61.9 Å². The van der Waals surface area contributed by atoms with Crippen molar-refractivity contribution in [2.75, 3.05) is 19.7 Å². The number of hydrogen-bond acceptors (Lipinski definition) is 4. The number of fused-ring (bicyclic) bond motifs is 1. The summed E-state index contributed by atoms with van der Waals surface area (Å²) in [7, 11) is 1.98. The predicted molar refractivity (Wildman–Crippen MR) is 132 cm³/mol. The van der Waals surface area contributed by atoms with Gasteiger partial charge < -0.3 is 29.2 Å². The van der Waals surface area contributed by atoms with Crippen molar-refractivity contribution in [1.82, 2.24) is 24.3 Å². The molecule has 0 aliphatic carbocycles. The number of amides is 2. The summed E-state index contributed by atoms with van der Waals surface area (Å²) in [6, 6.07) is 11.6. The maximum atomic E-state index is 13.2. The van der Waals surface area contributed by atoms with Crippen LogP contribution in [0.1, 0.15) is 29.6 Å². The highest BCUT2D eigenvalue weighted by Crippen LogP contribution is 2.35. The molecule has 2 aromatic heterocycles. The van der Waals surface area contributed by atoms with Gasteiger partial charge in [-0.3, -0.25) is 4.79 Å². The second-order valence-corrected chi connectivity index (χ2v) is 9.36. The van der Waals surface area contributed by atoms with Crippen LogP contribution in [0.2, 0.25) is 0 Å². The van der Waals surface area contributed by atoms with Crippen LogP contribution in [0, 0.1) is 0 Å². The van der Waals surface area contributed by atoms with Gasteiger partial charge in [-0.2, -0.15) is 0 Å². The first-order chi connectivity index (χ1) is 17.0. The lowest BCUT2D eigenvalue weighted by molar-refractivity contribution is 0.0692. The van der Waals surface area contributed by atoms with Gasteiger partial charge in [0.2, 0.25) is 0 Å². The number of nitrogens with zero attached hydrogens (tertiary/aromatic N) is 4. The fraction of sp³-hybridized carbons (Fsp3) is 0.346. The van der Waals surface area contributed by atoms with E-state index in [1.807, 2.05) is 29.8 Å². The molecule has 1 fully saturated rings. The molecule has 2 aromatic carbocycles. The first-order valence-electron chi connectivity index (χ1n) is 12.0. The van der Waals surface area contributed by atoms with E-state index in [4.69, 9.17) is 14.8 Å². The van der Waals surface area contributed by atoms with Crippen molar-refractivity contribution in [3.8, 4) is 17.1 Å². The highest BCUT2D eigenvalue weighted by Gasteiger charge is 2.26. The number of rotatable bonds is 3. The minimum absolute atomic E-state index is 0.104. The molecule has 2 aliphatic heterocycles. The molecule has 0 saturated carbocycles. The number of nitrogens with one attached hydrogen (secondary N) is 1. The van der Waals surface area contributed by atoms with Gasteiger partial charge in [-0.1, -0.05) is 0 Å². The Morgan fingerprint density at radius 2 is 2.03 bits per heavy atom. The van der Waals surface area contributed by atoms with Gasteiger partial charge >= 0.3 is 6.09 Å². The lowest BCUT2D eigenvalue weighted by Crippen LogP contribution is -2.49. The smallest absolute Gasteiger partial charge is 0.404 e. The summed E-state index contributed by atoms with van der Waals surface area (Å²) in [5.74, 6) is 1.58. The van der Waals surface area contributed by atoms with E-state index in [2.05, 4.69) is 34.3 Å². The van der Waals surface area contributed by atoms with Crippen molar-refractivity contribution in [3.05, 3.63) is 48.2 Å². The molecule has 1 saturated heterocycles. The molecule has 4 aromatic rings. The topological polar surface area (TPSA) is 102 Å². The minimum Gasteiger partial charge on any atom is -0.491 e. The molecule has 1 atom stereocenters. The number of aromatic nitrogens is 3. The molecule has 35 heavy (non-hydrogen) atoms. The molecule has 2 aliphatic rings. The molecule has 2 N–H and O–H groups in total. The number of likely N-dealkylation sites (tertiary alicyclic amines) is 1. The Hall–Kier alpha value is -4.01. The third-order valence-corrected chi connectivity index (χ3v) is 7.05. The van der Waals surface area contributed by atoms with Crippen molar-refractivity contribution >= 4 is 33.9 Å². The van der Waals surface area contributed by atoms with E-state index >= 15 is 0 Å². The summed E-state index contributed by atoms with van der Waals surface area (Å²) in [6.07, 6.45) is 3.52. The number of carbonyl (C=O) groups is 2. The highest BCUT2D eigenvalue weighted by atomic mass is 16.5. The number of aryl methyl sites for hydroxylation is 2. The summed E-state index contributed by atoms with van der Waals surface area (Å²) in [4.78, 5) is 30.8. The standard InChI is InChI=1S/C26H27N5O4/c1-29-21-6-5-17(25(32)31-8-2-4-19(15-31)27-26(33)34)13-20(21)28-24(29)18-12-16-7-10-30-9-3-11-35-22(14-18)23(16)30/h5-7,10,12-14,19,27H,2-4,8-9,11,15H2,1H3,(H,33,34). The number of carbonyl (C=O) groups excluding carboxylic acids is 1. The third kappa shape index (κ3) is 3.77. The Morgan fingerprint density at radius 1 is 1.14 bits per heavy atom. The molecule has 0 bridgehead atoms. The fourth-order valence-corrected chi connectivity index (χ4v) is 5.38. The minimum atomic E-state index is -1.06. The molecule has 4 heterocycles. The van der Waals surface area contributed by atoms with Crippen LogP contribution < -0.4 is 10.1 Å². The molecule has 6 rings (SSSR count). The van der Waals surface area contributed by atoms with E-state index in [0.29, 0.717) is 25.3 Å². The van der Waals surface area contributed by atoms with Gasteiger partial charge in [0.25, 0.3) is 5.91 Å². The van der Waals surface area contributed by atoms with Crippen LogP contribution in [0.4, 0.5) is 4.79 Å². The average molecular weight is 474 g/mol. The number of piperidine rings is 1. The molecule has 9 nitrogen and oxygen atoms in total. The van der Waals surface area contributed by atoms with Gasteiger partial charge in [0.15, 0.2) is 0 Å². The van der Waals surface area contributed by atoms with E-state index < -0.39 is 6.09 Å². The predicted octanol–water partition coefficient (Wildman–Crippen LogP) is 3.85. The lowest BCUT2D eigenvalue weighted by atomic mass is 10.0. The summed E-state index contributed by atoms with van der Waals surface area (Å²) in [5.41, 5.74) is 4.33. The fourth-order valence-electron chi connectivity index (χ4n) is 5.38. The summed E-state index contributed by atoms with van der Waals surface area (Å²) in [6.45, 7) is 2.63. The van der Waals surface area contributed by atoms with E-state index in [0.717, 1.165) is 64.9 Å². The first-order valence-corrected chi connectivity index (χ1v) is 12.0. The Kier molecular flexibility index (Phi) is 5.12. The second kappa shape index (κ2) is 8.33. The zero-order valence-electron chi connectivity index (χ0n) is 19.5. The number of benzene rings is 2.